The van der Waals surface area contributed by atoms with E-state index in [9.17, 15) is 4.79 Å². The molecule has 0 atom stereocenters. The summed E-state index contributed by atoms with van der Waals surface area (Å²) in [4.78, 5) is 12.3. The predicted molar refractivity (Wildman–Crippen MR) is 108 cm³/mol. The van der Waals surface area contributed by atoms with Crippen LogP contribution in [0.5, 0.6) is 23.0 Å². The van der Waals surface area contributed by atoms with Gasteiger partial charge in [0, 0.05) is 17.3 Å². The normalized spacial score (nSPS) is 14.3. The van der Waals surface area contributed by atoms with Gasteiger partial charge in [-0.15, -0.1) is 10.2 Å². The van der Waals surface area contributed by atoms with Crippen molar-refractivity contribution in [3.8, 4) is 34.5 Å². The molecule has 1 aromatic heterocycles. The molecule has 0 fully saturated rings. The van der Waals surface area contributed by atoms with E-state index in [4.69, 9.17) is 23.4 Å². The lowest BCUT2D eigenvalue weighted by Gasteiger charge is -2.18. The van der Waals surface area contributed by atoms with E-state index in [0.29, 0.717) is 66.2 Å². The van der Waals surface area contributed by atoms with Crippen molar-refractivity contribution in [1.82, 2.24) is 10.2 Å². The Hall–Kier alpha value is -3.40. The summed E-state index contributed by atoms with van der Waals surface area (Å²) in [5, 5.41) is 11.2. The van der Waals surface area contributed by atoms with E-state index in [1.54, 1.807) is 24.3 Å². The Morgan fingerprint density at radius 2 is 1.53 bits per heavy atom. The Kier molecular flexibility index (Phi) is 5.06. The van der Waals surface area contributed by atoms with Gasteiger partial charge in [-0.2, -0.15) is 0 Å². The average Bonchev–Trinajstić information content (AvgIpc) is 3.26. The summed E-state index contributed by atoms with van der Waals surface area (Å²) in [6, 6.07) is 10.7. The number of carbonyl (C=O) groups excluding carboxylic acids is 1. The van der Waals surface area contributed by atoms with Crippen molar-refractivity contribution in [2.24, 2.45) is 0 Å². The monoisotopic (exact) mass is 427 g/mol. The fraction of sp³-hybridized carbons (Fsp3) is 0.250. The highest BCUT2D eigenvalue weighted by Crippen LogP contribution is 2.35. The highest BCUT2D eigenvalue weighted by molar-refractivity contribution is 7.99. The first-order chi connectivity index (χ1) is 14.7. The number of carbonyl (C=O) groups is 1. The number of ether oxygens (including phenoxy) is 4. The number of aromatic nitrogens is 2. The molecule has 0 saturated carbocycles. The molecule has 5 rings (SSSR count). The number of anilines is 1. The quantitative estimate of drug-likeness (QED) is 0.615. The lowest BCUT2D eigenvalue weighted by molar-refractivity contribution is -0.113. The highest BCUT2D eigenvalue weighted by Gasteiger charge is 2.17. The van der Waals surface area contributed by atoms with Crippen LogP contribution in [0.25, 0.3) is 11.5 Å². The standard InChI is InChI=1S/C20H17N3O6S/c24-18(21-13-2-4-15-17(10-13)28-8-6-26-15)11-30-20-23-22-19(29-20)12-1-3-14-16(9-12)27-7-5-25-14/h1-4,9-10H,5-8,11H2,(H,21,24). The van der Waals surface area contributed by atoms with Gasteiger partial charge < -0.3 is 28.7 Å². The van der Waals surface area contributed by atoms with Crippen molar-refractivity contribution in [2.45, 2.75) is 5.22 Å². The minimum Gasteiger partial charge on any atom is -0.486 e. The van der Waals surface area contributed by atoms with Crippen LogP contribution in [-0.2, 0) is 4.79 Å². The maximum Gasteiger partial charge on any atom is 0.277 e. The van der Waals surface area contributed by atoms with Gasteiger partial charge in [-0.3, -0.25) is 4.79 Å². The molecule has 3 aromatic rings. The number of amides is 1. The van der Waals surface area contributed by atoms with Crippen molar-refractivity contribution < 1.29 is 28.2 Å². The van der Waals surface area contributed by atoms with Gasteiger partial charge in [0.2, 0.25) is 11.8 Å². The molecule has 0 aliphatic carbocycles. The number of nitrogens with one attached hydrogen (secondary N) is 1. The summed E-state index contributed by atoms with van der Waals surface area (Å²) >= 11 is 1.16. The molecule has 30 heavy (non-hydrogen) atoms. The second-order valence-corrected chi connectivity index (χ2v) is 7.35. The van der Waals surface area contributed by atoms with E-state index < -0.39 is 0 Å². The summed E-state index contributed by atoms with van der Waals surface area (Å²) in [6.45, 7) is 2.04. The van der Waals surface area contributed by atoms with Gasteiger partial charge in [0.15, 0.2) is 23.0 Å². The molecule has 2 aromatic carbocycles. The van der Waals surface area contributed by atoms with Crippen LogP contribution in [-0.4, -0.2) is 48.3 Å². The summed E-state index contributed by atoms with van der Waals surface area (Å²) in [7, 11) is 0. The first-order valence-corrected chi connectivity index (χ1v) is 10.3. The molecule has 154 valence electrons. The van der Waals surface area contributed by atoms with E-state index in [0.717, 1.165) is 17.3 Å². The fourth-order valence-electron chi connectivity index (χ4n) is 3.01. The minimum atomic E-state index is -0.198. The van der Waals surface area contributed by atoms with E-state index in [-0.39, 0.29) is 11.7 Å². The van der Waals surface area contributed by atoms with Gasteiger partial charge in [0.25, 0.3) is 5.22 Å². The van der Waals surface area contributed by atoms with Gasteiger partial charge in [0.05, 0.1) is 5.75 Å². The first-order valence-electron chi connectivity index (χ1n) is 9.30. The average molecular weight is 427 g/mol. The van der Waals surface area contributed by atoms with Crippen molar-refractivity contribution in [3.63, 3.8) is 0 Å². The Balaban J connectivity index is 1.19. The summed E-state index contributed by atoms with van der Waals surface area (Å²) in [5.41, 5.74) is 1.35. The molecule has 0 spiro atoms. The molecule has 9 nitrogen and oxygen atoms in total. The van der Waals surface area contributed by atoms with Crippen molar-refractivity contribution in [1.29, 1.82) is 0 Å². The molecule has 0 bridgehead atoms. The fourth-order valence-corrected chi connectivity index (χ4v) is 3.57. The number of nitrogens with zero attached hydrogens (tertiary/aromatic N) is 2. The highest BCUT2D eigenvalue weighted by atomic mass is 32.2. The second kappa shape index (κ2) is 8.15. The Labute approximate surface area is 175 Å². The molecule has 1 amide bonds. The molecular weight excluding hydrogens is 410 g/mol. The Morgan fingerprint density at radius 3 is 2.30 bits per heavy atom. The largest absolute Gasteiger partial charge is 0.486 e. The number of fused-ring (bicyclic) bond motifs is 2. The van der Waals surface area contributed by atoms with Gasteiger partial charge >= 0.3 is 0 Å². The predicted octanol–water partition coefficient (Wildman–Crippen LogP) is 3.01. The van der Waals surface area contributed by atoms with Crippen LogP contribution in [0.2, 0.25) is 0 Å². The van der Waals surface area contributed by atoms with Gasteiger partial charge in [-0.05, 0) is 30.3 Å². The molecule has 10 heteroatoms. The maximum absolute atomic E-state index is 12.3. The van der Waals surface area contributed by atoms with E-state index in [1.807, 2.05) is 12.1 Å². The number of hydrogen-bond donors (Lipinski definition) is 1. The van der Waals surface area contributed by atoms with Crippen LogP contribution in [0, 0.1) is 0 Å². The molecule has 2 aliphatic rings. The zero-order valence-electron chi connectivity index (χ0n) is 15.8. The number of benzene rings is 2. The molecule has 1 N–H and O–H groups in total. The smallest absolute Gasteiger partial charge is 0.277 e. The summed E-state index contributed by atoms with van der Waals surface area (Å²) in [5.74, 6) is 2.90. The number of hydrogen-bond acceptors (Lipinski definition) is 9. The van der Waals surface area contributed by atoms with Gasteiger partial charge in [-0.1, -0.05) is 11.8 Å². The molecular formula is C20H17N3O6S. The second-order valence-electron chi connectivity index (χ2n) is 6.43. The van der Waals surface area contributed by atoms with Crippen LogP contribution in [0.3, 0.4) is 0 Å². The molecule has 3 heterocycles. The Morgan fingerprint density at radius 1 is 0.867 bits per heavy atom. The van der Waals surface area contributed by atoms with E-state index in [2.05, 4.69) is 15.5 Å². The summed E-state index contributed by atoms with van der Waals surface area (Å²) < 4.78 is 27.7. The van der Waals surface area contributed by atoms with Gasteiger partial charge in [-0.25, -0.2) is 0 Å². The third kappa shape index (κ3) is 3.99. The zero-order chi connectivity index (χ0) is 20.3. The lowest BCUT2D eigenvalue weighted by atomic mass is 10.2. The minimum absolute atomic E-state index is 0.122. The summed E-state index contributed by atoms with van der Waals surface area (Å²) in [6.07, 6.45) is 0. The zero-order valence-corrected chi connectivity index (χ0v) is 16.6. The van der Waals surface area contributed by atoms with Crippen molar-refractivity contribution >= 4 is 23.4 Å². The lowest BCUT2D eigenvalue weighted by Crippen LogP contribution is -2.17. The van der Waals surface area contributed by atoms with Crippen LogP contribution in [0.1, 0.15) is 0 Å². The van der Waals surface area contributed by atoms with Crippen LogP contribution in [0.4, 0.5) is 5.69 Å². The molecule has 0 unspecified atom stereocenters. The third-order valence-corrected chi connectivity index (χ3v) is 5.17. The van der Waals surface area contributed by atoms with Gasteiger partial charge in [0.1, 0.15) is 26.4 Å². The molecule has 0 saturated heterocycles. The van der Waals surface area contributed by atoms with Crippen LogP contribution >= 0.6 is 11.8 Å². The first kappa shape index (κ1) is 18.6. The maximum atomic E-state index is 12.3. The van der Waals surface area contributed by atoms with E-state index >= 15 is 0 Å². The number of rotatable bonds is 5. The SMILES string of the molecule is O=C(CSc1nnc(-c2ccc3c(c2)OCCO3)o1)Nc1ccc2c(c1)OCCO2. The Bertz CT molecular complexity index is 1090. The molecule has 0 radical (unpaired) electrons. The topological polar surface area (TPSA) is 105 Å². The molecule has 2 aliphatic heterocycles. The third-order valence-electron chi connectivity index (χ3n) is 4.35. The van der Waals surface area contributed by atoms with E-state index in [1.165, 1.54) is 0 Å². The van der Waals surface area contributed by atoms with Crippen LogP contribution in [0.15, 0.2) is 46.0 Å². The van der Waals surface area contributed by atoms with Crippen molar-refractivity contribution in [3.05, 3.63) is 36.4 Å². The van der Waals surface area contributed by atoms with Crippen molar-refractivity contribution in [2.75, 3.05) is 37.5 Å². The van der Waals surface area contributed by atoms with Crippen LogP contribution < -0.4 is 24.3 Å². The number of thioether (sulfide) groups is 1.